The van der Waals surface area contributed by atoms with Crippen LogP contribution in [0.1, 0.15) is 11.4 Å². The molecule has 1 aromatic heterocycles. The lowest BCUT2D eigenvalue weighted by Gasteiger charge is -2.13. The minimum Gasteiger partial charge on any atom is -0.316 e. The maximum atomic E-state index is 13.2. The normalized spacial score (nSPS) is 12.0. The number of hydrogen-bond donors (Lipinski definition) is 0. The molecule has 0 unspecified atom stereocenters. The molecule has 3 rings (SSSR count). The van der Waals surface area contributed by atoms with E-state index in [9.17, 15) is 13.2 Å². The van der Waals surface area contributed by atoms with Gasteiger partial charge in [-0.2, -0.15) is 13.2 Å². The quantitative estimate of drug-likeness (QED) is 0.607. The minimum atomic E-state index is -4.56. The number of nitrogens with zero attached hydrogens (tertiary/aromatic N) is 2. The molecule has 0 aliphatic rings. The molecule has 0 N–H and O–H groups in total. The number of benzene rings is 2. The van der Waals surface area contributed by atoms with E-state index in [1.807, 2.05) is 0 Å². The summed E-state index contributed by atoms with van der Waals surface area (Å²) in [5, 5.41) is 0.636. The zero-order valence-electron chi connectivity index (χ0n) is 11.0. The van der Waals surface area contributed by atoms with Crippen LogP contribution in [0.25, 0.3) is 11.0 Å². The van der Waals surface area contributed by atoms with Crippen molar-refractivity contribution in [2.75, 3.05) is 0 Å². The van der Waals surface area contributed by atoms with Gasteiger partial charge in [0.2, 0.25) is 5.82 Å². The van der Waals surface area contributed by atoms with Crippen LogP contribution >= 0.6 is 23.2 Å². The predicted molar refractivity (Wildman–Crippen MR) is 80.3 cm³/mol. The van der Waals surface area contributed by atoms with Crippen LogP contribution in [-0.4, -0.2) is 9.55 Å². The van der Waals surface area contributed by atoms with Crippen LogP contribution in [0, 0.1) is 0 Å². The van der Waals surface area contributed by atoms with Gasteiger partial charge in [0.1, 0.15) is 0 Å². The number of fused-ring (bicyclic) bond motifs is 1. The first-order valence-corrected chi connectivity index (χ1v) is 7.09. The lowest BCUT2D eigenvalue weighted by atomic mass is 10.2. The first-order valence-electron chi connectivity index (χ1n) is 6.33. The van der Waals surface area contributed by atoms with E-state index in [1.54, 1.807) is 36.4 Å². The summed E-state index contributed by atoms with van der Waals surface area (Å²) in [5.74, 6) is -0.968. The molecule has 0 saturated carbocycles. The molecule has 0 spiro atoms. The van der Waals surface area contributed by atoms with E-state index < -0.39 is 12.0 Å². The Bertz CT molecular complexity index is 820. The molecule has 2 aromatic carbocycles. The van der Waals surface area contributed by atoms with Gasteiger partial charge in [0, 0.05) is 15.6 Å². The zero-order valence-corrected chi connectivity index (χ0v) is 12.5. The fraction of sp³-hybridized carbons (Fsp3) is 0.133. The molecule has 3 aromatic rings. The first kappa shape index (κ1) is 15.2. The Morgan fingerprint density at radius 2 is 1.59 bits per heavy atom. The maximum Gasteiger partial charge on any atom is 0.449 e. The average molecular weight is 345 g/mol. The SMILES string of the molecule is FC(F)(F)c1nc2ccccc2n1Cc1c(Cl)cccc1Cl. The summed E-state index contributed by atoms with van der Waals surface area (Å²) in [6.45, 7) is -0.103. The van der Waals surface area contributed by atoms with Gasteiger partial charge in [-0.3, -0.25) is 0 Å². The lowest BCUT2D eigenvalue weighted by Crippen LogP contribution is -2.16. The van der Waals surface area contributed by atoms with Crippen LogP contribution in [0.2, 0.25) is 10.0 Å². The molecule has 0 aliphatic heterocycles. The molecule has 0 radical (unpaired) electrons. The highest BCUT2D eigenvalue weighted by atomic mass is 35.5. The van der Waals surface area contributed by atoms with Gasteiger partial charge < -0.3 is 4.57 Å². The summed E-state index contributed by atoms with van der Waals surface area (Å²) >= 11 is 12.1. The molecular formula is C15H9Cl2F3N2. The third-order valence-electron chi connectivity index (χ3n) is 3.29. The zero-order chi connectivity index (χ0) is 15.9. The smallest absolute Gasteiger partial charge is 0.316 e. The van der Waals surface area contributed by atoms with E-state index in [0.717, 1.165) is 4.57 Å². The highest BCUT2D eigenvalue weighted by molar-refractivity contribution is 6.36. The lowest BCUT2D eigenvalue weighted by molar-refractivity contribution is -0.146. The van der Waals surface area contributed by atoms with Crippen molar-refractivity contribution in [3.8, 4) is 0 Å². The predicted octanol–water partition coefficient (Wildman–Crippen LogP) is 5.41. The number of para-hydroxylation sites is 2. The van der Waals surface area contributed by atoms with Crippen LogP contribution in [0.4, 0.5) is 13.2 Å². The monoisotopic (exact) mass is 344 g/mol. The van der Waals surface area contributed by atoms with Gasteiger partial charge >= 0.3 is 6.18 Å². The largest absolute Gasteiger partial charge is 0.449 e. The molecular weight excluding hydrogens is 336 g/mol. The number of alkyl halides is 3. The van der Waals surface area contributed by atoms with Gasteiger partial charge in [-0.1, -0.05) is 41.4 Å². The van der Waals surface area contributed by atoms with Crippen LogP contribution in [-0.2, 0) is 12.7 Å². The molecule has 2 nitrogen and oxygen atoms in total. The van der Waals surface area contributed by atoms with Gasteiger partial charge in [-0.05, 0) is 24.3 Å². The molecule has 1 heterocycles. The number of rotatable bonds is 2. The minimum absolute atomic E-state index is 0.103. The maximum absolute atomic E-state index is 13.2. The molecule has 0 fully saturated rings. The molecule has 22 heavy (non-hydrogen) atoms. The molecule has 0 atom stereocenters. The fourth-order valence-electron chi connectivity index (χ4n) is 2.29. The highest BCUT2D eigenvalue weighted by Crippen LogP contribution is 2.34. The van der Waals surface area contributed by atoms with Crippen LogP contribution in [0.5, 0.6) is 0 Å². The number of imidazole rings is 1. The Morgan fingerprint density at radius 1 is 0.955 bits per heavy atom. The summed E-state index contributed by atoms with van der Waals surface area (Å²) in [4.78, 5) is 3.69. The molecule has 114 valence electrons. The average Bonchev–Trinajstić information content (AvgIpc) is 2.82. The Morgan fingerprint density at radius 3 is 2.23 bits per heavy atom. The summed E-state index contributed by atoms with van der Waals surface area (Å²) in [6, 6.07) is 11.3. The second kappa shape index (κ2) is 5.48. The summed E-state index contributed by atoms with van der Waals surface area (Å²) in [5.41, 5.74) is 1.09. The molecule has 7 heteroatoms. The molecule has 0 bridgehead atoms. The number of aromatic nitrogens is 2. The summed E-state index contributed by atoms with van der Waals surface area (Å²) < 4.78 is 40.8. The van der Waals surface area contributed by atoms with Crippen molar-refractivity contribution >= 4 is 34.2 Å². The number of hydrogen-bond acceptors (Lipinski definition) is 1. The van der Waals surface area contributed by atoms with Crippen molar-refractivity contribution in [1.82, 2.24) is 9.55 Å². The van der Waals surface area contributed by atoms with E-state index in [4.69, 9.17) is 23.2 Å². The van der Waals surface area contributed by atoms with Crippen LogP contribution in [0.15, 0.2) is 42.5 Å². The van der Waals surface area contributed by atoms with Crippen LogP contribution in [0.3, 0.4) is 0 Å². The standard InChI is InChI=1S/C15H9Cl2F3N2/c16-10-4-3-5-11(17)9(10)8-22-13-7-2-1-6-12(13)21-14(22)15(18,19)20/h1-7H,8H2. The first-order chi connectivity index (χ1) is 10.4. The molecule has 0 saturated heterocycles. The van der Waals surface area contributed by atoms with E-state index in [0.29, 0.717) is 21.1 Å². The van der Waals surface area contributed by atoms with E-state index in [1.165, 1.54) is 6.07 Å². The third-order valence-corrected chi connectivity index (χ3v) is 3.99. The Hall–Kier alpha value is -1.72. The topological polar surface area (TPSA) is 17.8 Å². The van der Waals surface area contributed by atoms with Gasteiger partial charge in [0.05, 0.1) is 17.6 Å². The van der Waals surface area contributed by atoms with Crippen molar-refractivity contribution in [1.29, 1.82) is 0 Å². The third kappa shape index (κ3) is 2.66. The summed E-state index contributed by atoms with van der Waals surface area (Å²) in [6.07, 6.45) is -4.56. The highest BCUT2D eigenvalue weighted by Gasteiger charge is 2.37. The van der Waals surface area contributed by atoms with Gasteiger partial charge in [0.25, 0.3) is 0 Å². The van der Waals surface area contributed by atoms with Gasteiger partial charge in [-0.15, -0.1) is 0 Å². The van der Waals surface area contributed by atoms with Crippen molar-refractivity contribution < 1.29 is 13.2 Å². The Balaban J connectivity index is 2.21. The van der Waals surface area contributed by atoms with Gasteiger partial charge in [0.15, 0.2) is 0 Å². The Labute approximate surface area is 134 Å². The Kier molecular flexibility index (Phi) is 3.78. The van der Waals surface area contributed by atoms with Gasteiger partial charge in [-0.25, -0.2) is 4.98 Å². The summed E-state index contributed by atoms with van der Waals surface area (Å²) in [7, 11) is 0. The van der Waals surface area contributed by atoms with Crippen molar-refractivity contribution in [3.63, 3.8) is 0 Å². The van der Waals surface area contributed by atoms with E-state index in [2.05, 4.69) is 4.98 Å². The second-order valence-corrected chi connectivity index (χ2v) is 5.52. The van der Waals surface area contributed by atoms with Crippen molar-refractivity contribution in [3.05, 3.63) is 63.9 Å². The molecule has 0 aliphatic carbocycles. The van der Waals surface area contributed by atoms with E-state index in [-0.39, 0.29) is 12.1 Å². The van der Waals surface area contributed by atoms with Crippen molar-refractivity contribution in [2.45, 2.75) is 12.7 Å². The number of halogens is 5. The van der Waals surface area contributed by atoms with Crippen LogP contribution < -0.4 is 0 Å². The van der Waals surface area contributed by atoms with Crippen molar-refractivity contribution in [2.24, 2.45) is 0 Å². The second-order valence-electron chi connectivity index (χ2n) is 4.71. The molecule has 0 amide bonds. The fourth-order valence-corrected chi connectivity index (χ4v) is 2.81. The van der Waals surface area contributed by atoms with E-state index >= 15 is 0 Å².